The van der Waals surface area contributed by atoms with Crippen molar-refractivity contribution in [2.75, 3.05) is 26.4 Å². The zero-order chi connectivity index (χ0) is 18.4. The summed E-state index contributed by atoms with van der Waals surface area (Å²) in [6.07, 6.45) is 7.39. The first-order valence-corrected chi connectivity index (χ1v) is 9.19. The Balaban J connectivity index is 1.29. The molecule has 8 nitrogen and oxygen atoms in total. The number of epoxide rings is 2. The van der Waals surface area contributed by atoms with Crippen LogP contribution < -0.4 is 4.57 Å². The molecule has 2 aliphatic heterocycles. The van der Waals surface area contributed by atoms with Crippen LogP contribution in [-0.4, -0.2) is 55.1 Å². The minimum absolute atomic E-state index is 0.107. The molecule has 0 bridgehead atoms. The summed E-state index contributed by atoms with van der Waals surface area (Å²) in [6.45, 7) is 2.97. The summed E-state index contributed by atoms with van der Waals surface area (Å²) in [5.41, 5.74) is 1.08. The number of carbonyl (C=O) groups is 2. The van der Waals surface area contributed by atoms with E-state index in [1.807, 2.05) is 24.1 Å². The molecule has 0 N–H and O–H groups in total. The molecule has 2 fully saturated rings. The van der Waals surface area contributed by atoms with Crippen LogP contribution in [-0.2, 0) is 48.5 Å². The SMILES string of the molecule is Cn1c[n+](CCCCC(=O)OCC2CO2)cc1CCC(=O)OCC1CO1. The Labute approximate surface area is 153 Å². The molecule has 3 rings (SSSR count). The van der Waals surface area contributed by atoms with Crippen LogP contribution in [0.5, 0.6) is 0 Å². The Hall–Kier alpha value is -1.93. The van der Waals surface area contributed by atoms with Crippen molar-refractivity contribution in [3.63, 3.8) is 0 Å². The van der Waals surface area contributed by atoms with Crippen molar-refractivity contribution in [3.05, 3.63) is 18.2 Å². The fourth-order valence-corrected chi connectivity index (χ4v) is 2.61. The molecule has 0 saturated carbocycles. The smallest absolute Gasteiger partial charge is 0.306 e. The van der Waals surface area contributed by atoms with Crippen molar-refractivity contribution in [1.29, 1.82) is 0 Å². The van der Waals surface area contributed by atoms with Crippen LogP contribution in [0.3, 0.4) is 0 Å². The second-order valence-electron chi connectivity index (χ2n) is 6.82. The summed E-state index contributed by atoms with van der Waals surface area (Å²) in [6, 6.07) is 0. The Kier molecular flexibility index (Phi) is 6.62. The van der Waals surface area contributed by atoms with Gasteiger partial charge in [-0.2, -0.15) is 0 Å². The van der Waals surface area contributed by atoms with Gasteiger partial charge in [0.1, 0.15) is 37.3 Å². The Morgan fingerprint density at radius 3 is 2.35 bits per heavy atom. The van der Waals surface area contributed by atoms with Crippen LogP contribution in [0.1, 0.15) is 31.4 Å². The number of rotatable bonds is 12. The topological polar surface area (TPSA) is 86.5 Å². The van der Waals surface area contributed by atoms with Gasteiger partial charge in [-0.1, -0.05) is 0 Å². The van der Waals surface area contributed by atoms with Gasteiger partial charge in [-0.25, -0.2) is 9.13 Å². The summed E-state index contributed by atoms with van der Waals surface area (Å²) >= 11 is 0. The summed E-state index contributed by atoms with van der Waals surface area (Å²) in [5, 5.41) is 0. The maximum atomic E-state index is 11.7. The van der Waals surface area contributed by atoms with Crippen LogP contribution in [0.15, 0.2) is 12.5 Å². The van der Waals surface area contributed by atoms with E-state index < -0.39 is 0 Å². The van der Waals surface area contributed by atoms with Crippen LogP contribution in [0, 0.1) is 0 Å². The van der Waals surface area contributed by atoms with Gasteiger partial charge >= 0.3 is 11.9 Å². The van der Waals surface area contributed by atoms with E-state index in [-0.39, 0.29) is 24.1 Å². The molecule has 2 unspecified atom stereocenters. The third-order valence-corrected chi connectivity index (χ3v) is 4.39. The molecule has 2 aliphatic rings. The fourth-order valence-electron chi connectivity index (χ4n) is 2.61. The molecule has 1 aromatic heterocycles. The molecule has 1 aromatic rings. The fraction of sp³-hybridized carbons (Fsp3) is 0.722. The van der Waals surface area contributed by atoms with E-state index in [0.717, 1.165) is 25.1 Å². The normalized spacial score (nSPS) is 20.7. The van der Waals surface area contributed by atoms with Crippen molar-refractivity contribution in [1.82, 2.24) is 4.57 Å². The Morgan fingerprint density at radius 1 is 1.12 bits per heavy atom. The number of hydrogen-bond acceptors (Lipinski definition) is 6. The third-order valence-electron chi connectivity index (χ3n) is 4.39. The molecule has 26 heavy (non-hydrogen) atoms. The molecule has 0 aliphatic carbocycles. The van der Waals surface area contributed by atoms with Gasteiger partial charge in [-0.3, -0.25) is 9.59 Å². The van der Waals surface area contributed by atoms with Crippen molar-refractivity contribution < 1.29 is 33.1 Å². The van der Waals surface area contributed by atoms with E-state index in [9.17, 15) is 9.59 Å². The van der Waals surface area contributed by atoms with Crippen molar-refractivity contribution in [2.45, 2.75) is 50.9 Å². The Morgan fingerprint density at radius 2 is 1.73 bits per heavy atom. The lowest BCUT2D eigenvalue weighted by Gasteiger charge is -2.02. The van der Waals surface area contributed by atoms with Gasteiger partial charge in [0.2, 0.25) is 6.33 Å². The lowest BCUT2D eigenvalue weighted by molar-refractivity contribution is -0.697. The first-order valence-electron chi connectivity index (χ1n) is 9.19. The quantitative estimate of drug-likeness (QED) is 0.229. The monoisotopic (exact) mass is 367 g/mol. The van der Waals surface area contributed by atoms with E-state index in [4.69, 9.17) is 18.9 Å². The molecule has 2 atom stereocenters. The summed E-state index contributed by atoms with van der Waals surface area (Å²) in [7, 11) is 1.96. The van der Waals surface area contributed by atoms with Gasteiger partial charge in [-0.15, -0.1) is 0 Å². The predicted molar refractivity (Wildman–Crippen MR) is 89.2 cm³/mol. The second kappa shape index (κ2) is 9.14. The van der Waals surface area contributed by atoms with Gasteiger partial charge in [0.05, 0.1) is 33.2 Å². The highest BCUT2D eigenvalue weighted by atomic mass is 16.6. The lowest BCUT2D eigenvalue weighted by atomic mass is 10.2. The number of unbranched alkanes of at least 4 members (excludes halogenated alkanes) is 1. The molecule has 3 heterocycles. The molecule has 0 amide bonds. The van der Waals surface area contributed by atoms with E-state index >= 15 is 0 Å². The molecule has 2 saturated heterocycles. The van der Waals surface area contributed by atoms with Gasteiger partial charge in [-0.05, 0) is 12.8 Å². The van der Waals surface area contributed by atoms with Gasteiger partial charge in [0, 0.05) is 12.8 Å². The minimum Gasteiger partial charge on any atom is -0.463 e. The van der Waals surface area contributed by atoms with Gasteiger partial charge in [0.25, 0.3) is 0 Å². The van der Waals surface area contributed by atoms with Crippen LogP contribution in [0.4, 0.5) is 0 Å². The molecule has 0 spiro atoms. The highest BCUT2D eigenvalue weighted by Crippen LogP contribution is 2.10. The van der Waals surface area contributed by atoms with Gasteiger partial charge < -0.3 is 18.9 Å². The zero-order valence-electron chi connectivity index (χ0n) is 15.2. The number of aromatic nitrogens is 2. The number of carbonyl (C=O) groups excluding carboxylic acids is 2. The molecular formula is C18H27N2O6+. The highest BCUT2D eigenvalue weighted by Gasteiger charge is 2.25. The third kappa shape index (κ3) is 6.76. The van der Waals surface area contributed by atoms with Crippen LogP contribution in [0.2, 0.25) is 0 Å². The maximum absolute atomic E-state index is 11.7. The van der Waals surface area contributed by atoms with Crippen molar-refractivity contribution >= 4 is 11.9 Å². The van der Waals surface area contributed by atoms with E-state index in [1.54, 1.807) is 0 Å². The summed E-state index contributed by atoms with van der Waals surface area (Å²) in [5.74, 6) is -0.349. The van der Waals surface area contributed by atoms with Gasteiger partial charge in [0.15, 0.2) is 0 Å². The average molecular weight is 367 g/mol. The highest BCUT2D eigenvalue weighted by molar-refractivity contribution is 5.69. The largest absolute Gasteiger partial charge is 0.463 e. The number of ether oxygens (including phenoxy) is 4. The Bertz CT molecular complexity index is 621. The molecule has 0 aromatic carbocycles. The number of nitrogens with zero attached hydrogens (tertiary/aromatic N) is 2. The maximum Gasteiger partial charge on any atom is 0.306 e. The van der Waals surface area contributed by atoms with Crippen LogP contribution in [0.25, 0.3) is 0 Å². The molecule has 144 valence electrons. The predicted octanol–water partition coefficient (Wildman–Crippen LogP) is 0.300. The minimum atomic E-state index is -0.191. The average Bonchev–Trinajstić information content (AvgIpc) is 3.53. The summed E-state index contributed by atoms with van der Waals surface area (Å²) in [4.78, 5) is 23.2. The first kappa shape index (κ1) is 18.8. The molecule has 0 radical (unpaired) electrons. The first-order chi connectivity index (χ1) is 12.6. The number of imidazole rings is 1. The second-order valence-corrected chi connectivity index (χ2v) is 6.82. The van der Waals surface area contributed by atoms with E-state index in [0.29, 0.717) is 45.7 Å². The standard InChI is InChI=1S/C18H27N2O6/c1-19-13-20(7-3-2-4-17(21)25-11-15-9-23-15)8-14(19)5-6-18(22)26-12-16-10-24-16/h8,13,15-16H,2-7,9-12H2,1H3/q+1. The zero-order valence-corrected chi connectivity index (χ0v) is 15.2. The van der Waals surface area contributed by atoms with Crippen molar-refractivity contribution in [2.24, 2.45) is 7.05 Å². The number of hydrogen-bond donors (Lipinski definition) is 0. The van der Waals surface area contributed by atoms with Crippen LogP contribution >= 0.6 is 0 Å². The molecule has 8 heteroatoms. The van der Waals surface area contributed by atoms with E-state index in [2.05, 4.69) is 4.57 Å². The van der Waals surface area contributed by atoms with Crippen molar-refractivity contribution in [3.8, 4) is 0 Å². The number of aryl methyl sites for hydroxylation is 3. The number of esters is 2. The molecular weight excluding hydrogens is 340 g/mol. The van der Waals surface area contributed by atoms with E-state index in [1.165, 1.54) is 0 Å². The summed E-state index contributed by atoms with van der Waals surface area (Å²) < 4.78 is 24.4. The lowest BCUT2D eigenvalue weighted by Crippen LogP contribution is -2.31.